The summed E-state index contributed by atoms with van der Waals surface area (Å²) in [7, 11) is 0. The summed E-state index contributed by atoms with van der Waals surface area (Å²) in [6.07, 6.45) is -0.891. The van der Waals surface area contributed by atoms with Crippen LogP contribution in [0, 0.1) is 5.92 Å². The Balaban J connectivity index is 1.22. The van der Waals surface area contributed by atoms with E-state index in [2.05, 4.69) is 20.3 Å². The molecule has 2 aromatic heterocycles. The number of hydrogen-bond acceptors (Lipinski definition) is 10. The lowest BCUT2D eigenvalue weighted by Gasteiger charge is -2.22. The molecule has 2 aliphatic heterocycles. The molecule has 0 saturated carbocycles. The maximum Gasteiger partial charge on any atom is 0.280 e. The maximum atomic E-state index is 12.6. The number of nitrogens with one attached hydrogen (secondary N) is 2. The van der Waals surface area contributed by atoms with Crippen LogP contribution in [0.4, 0.5) is 5.95 Å². The molecule has 3 amide bonds. The van der Waals surface area contributed by atoms with Crippen molar-refractivity contribution in [2.45, 2.75) is 57.6 Å². The highest BCUT2D eigenvalue weighted by Gasteiger charge is 2.46. The number of aromatic amines is 1. The predicted octanol–water partition coefficient (Wildman–Crippen LogP) is 0.816. The van der Waals surface area contributed by atoms with Crippen molar-refractivity contribution in [3.63, 3.8) is 0 Å². The van der Waals surface area contributed by atoms with Gasteiger partial charge in [0, 0.05) is 19.1 Å². The zero-order valence-electron chi connectivity index (χ0n) is 22.6. The molecular weight excluding hydrogens is 536 g/mol. The van der Waals surface area contributed by atoms with E-state index in [4.69, 9.17) is 9.47 Å². The highest BCUT2D eigenvalue weighted by molar-refractivity contribution is 6.21. The number of rotatable bonds is 11. The number of ether oxygens (including phenoxy) is 2. The Labute approximate surface area is 234 Å². The minimum atomic E-state index is -1.18. The van der Waals surface area contributed by atoms with Gasteiger partial charge >= 0.3 is 0 Å². The van der Waals surface area contributed by atoms with E-state index >= 15 is 0 Å². The molecule has 1 saturated heterocycles. The van der Waals surface area contributed by atoms with Crippen molar-refractivity contribution in [1.29, 1.82) is 0 Å². The van der Waals surface area contributed by atoms with Crippen LogP contribution in [-0.4, -0.2) is 90.4 Å². The van der Waals surface area contributed by atoms with Gasteiger partial charge in [0.05, 0.1) is 24.1 Å². The van der Waals surface area contributed by atoms with Crippen molar-refractivity contribution in [1.82, 2.24) is 24.4 Å². The summed E-state index contributed by atoms with van der Waals surface area (Å²) in [6.45, 7) is 3.44. The van der Waals surface area contributed by atoms with Gasteiger partial charge < -0.3 is 19.7 Å². The second kappa shape index (κ2) is 11.9. The topological polar surface area (TPSA) is 189 Å². The number of H-pyrrole nitrogens is 1. The number of carbonyl (C=O) groups is 3. The van der Waals surface area contributed by atoms with Gasteiger partial charge in [0.15, 0.2) is 17.4 Å². The summed E-state index contributed by atoms with van der Waals surface area (Å²) in [6, 6.07) is 6.74. The average molecular weight is 569 g/mol. The molecule has 0 spiro atoms. The lowest BCUT2D eigenvalue weighted by Crippen LogP contribution is -2.35. The molecule has 218 valence electrons. The summed E-state index contributed by atoms with van der Waals surface area (Å²) >= 11 is 0. The van der Waals surface area contributed by atoms with Crippen LogP contribution in [0.25, 0.3) is 11.2 Å². The van der Waals surface area contributed by atoms with E-state index in [1.807, 2.05) is 0 Å². The van der Waals surface area contributed by atoms with E-state index in [1.54, 1.807) is 38.1 Å². The molecular formula is C27H32N6O8. The first-order chi connectivity index (χ1) is 19.7. The molecule has 4 N–H and O–H groups in total. The van der Waals surface area contributed by atoms with Crippen LogP contribution in [0.3, 0.4) is 0 Å². The number of hydrogen-bond donors (Lipinski definition) is 4. The minimum Gasteiger partial charge on any atom is -0.394 e. The van der Waals surface area contributed by atoms with Crippen LogP contribution < -0.4 is 10.9 Å². The zero-order valence-corrected chi connectivity index (χ0v) is 22.6. The van der Waals surface area contributed by atoms with Gasteiger partial charge in [-0.05, 0) is 31.4 Å². The fraction of sp³-hybridized carbons (Fsp3) is 0.481. The van der Waals surface area contributed by atoms with Crippen molar-refractivity contribution >= 4 is 34.8 Å². The van der Waals surface area contributed by atoms with E-state index in [0.29, 0.717) is 30.4 Å². The summed E-state index contributed by atoms with van der Waals surface area (Å²) in [5.41, 5.74) is 0.376. The van der Waals surface area contributed by atoms with Gasteiger partial charge in [0.25, 0.3) is 17.4 Å². The van der Waals surface area contributed by atoms with Gasteiger partial charge in [0.1, 0.15) is 18.3 Å². The number of unbranched alkanes of at least 4 members (excludes halogenated alkanes) is 2. The number of carbonyl (C=O) groups excluding carboxylic acids is 3. The number of benzene rings is 1. The second-order valence-corrected chi connectivity index (χ2v) is 10.3. The number of anilines is 1. The Morgan fingerprint density at radius 1 is 1.15 bits per heavy atom. The smallest absolute Gasteiger partial charge is 0.280 e. The quantitative estimate of drug-likeness (QED) is 0.190. The standard InChI is InChI=1S/C27H32N6O8/c1-14(2)22(36)30-27-29-21-18(23(37)31-27)28-13-33(21)26-20(19(35)17(12-34)41-26)40-11-7-3-6-10-32-24(38)15-8-4-5-9-16(15)25(32)39/h4-5,8-9,13-14,17,19-20,26,34-35H,3,6-7,10-12H2,1-2H3,(H2,29,30,31,36,37)/t17-,19-,20-,26-/m1/s1. The first-order valence-corrected chi connectivity index (χ1v) is 13.5. The Bertz CT molecular complexity index is 1480. The van der Waals surface area contributed by atoms with Crippen LogP contribution in [-0.2, 0) is 14.3 Å². The highest BCUT2D eigenvalue weighted by atomic mass is 16.6. The molecule has 1 aromatic carbocycles. The average Bonchev–Trinajstić information content (AvgIpc) is 3.59. The van der Waals surface area contributed by atoms with Gasteiger partial charge in [-0.3, -0.25) is 38.9 Å². The number of aliphatic hydroxyl groups excluding tert-OH is 2. The number of amides is 3. The van der Waals surface area contributed by atoms with E-state index in [9.17, 15) is 29.4 Å². The molecule has 4 atom stereocenters. The second-order valence-electron chi connectivity index (χ2n) is 10.3. The molecule has 0 bridgehead atoms. The van der Waals surface area contributed by atoms with E-state index in [0.717, 1.165) is 0 Å². The van der Waals surface area contributed by atoms with Gasteiger partial charge in [0.2, 0.25) is 11.9 Å². The van der Waals surface area contributed by atoms with E-state index in [-0.39, 0.29) is 53.9 Å². The number of imidazole rings is 1. The van der Waals surface area contributed by atoms with Crippen molar-refractivity contribution in [3.8, 4) is 0 Å². The summed E-state index contributed by atoms with van der Waals surface area (Å²) in [4.78, 5) is 62.0. The van der Waals surface area contributed by atoms with Crippen molar-refractivity contribution in [2.24, 2.45) is 5.92 Å². The number of imide groups is 1. The fourth-order valence-electron chi connectivity index (χ4n) is 4.92. The Hall–Kier alpha value is -3.98. The van der Waals surface area contributed by atoms with E-state index < -0.39 is 36.7 Å². The molecule has 14 nitrogen and oxygen atoms in total. The zero-order chi connectivity index (χ0) is 29.3. The Morgan fingerprint density at radius 3 is 2.51 bits per heavy atom. The summed E-state index contributed by atoms with van der Waals surface area (Å²) in [5.74, 6) is -1.33. The number of aromatic nitrogens is 4. The molecule has 2 aliphatic rings. The number of aliphatic hydroxyl groups is 2. The Kier molecular flexibility index (Phi) is 8.26. The normalized spacial score (nSPS) is 22.2. The molecule has 14 heteroatoms. The number of fused-ring (bicyclic) bond motifs is 2. The minimum absolute atomic E-state index is 0.00462. The van der Waals surface area contributed by atoms with Crippen molar-refractivity contribution in [2.75, 3.05) is 25.1 Å². The highest BCUT2D eigenvalue weighted by Crippen LogP contribution is 2.33. The molecule has 1 fully saturated rings. The third kappa shape index (κ3) is 5.51. The third-order valence-electron chi connectivity index (χ3n) is 7.18. The van der Waals surface area contributed by atoms with Gasteiger partial charge in [-0.2, -0.15) is 4.98 Å². The Morgan fingerprint density at radius 2 is 1.85 bits per heavy atom. The largest absolute Gasteiger partial charge is 0.394 e. The van der Waals surface area contributed by atoms with Gasteiger partial charge in [-0.25, -0.2) is 4.98 Å². The molecule has 3 aromatic rings. The SMILES string of the molecule is CC(C)C(=O)Nc1nc2c(ncn2[C@@H]2O[C@H](CO)[C@@H](O)[C@H]2OCCCCCN2C(=O)c3ccccc3C2=O)c(=O)[nH]1. The molecule has 0 aliphatic carbocycles. The monoisotopic (exact) mass is 568 g/mol. The third-order valence-corrected chi connectivity index (χ3v) is 7.18. The molecule has 5 rings (SSSR count). The van der Waals surface area contributed by atoms with Crippen LogP contribution >= 0.6 is 0 Å². The molecule has 0 radical (unpaired) electrons. The molecule has 41 heavy (non-hydrogen) atoms. The van der Waals surface area contributed by atoms with Crippen molar-refractivity contribution < 1.29 is 34.1 Å². The molecule has 4 heterocycles. The lowest BCUT2D eigenvalue weighted by molar-refractivity contribution is -0.118. The van der Waals surface area contributed by atoms with Gasteiger partial charge in [-0.15, -0.1) is 0 Å². The van der Waals surface area contributed by atoms with Crippen LogP contribution in [0.1, 0.15) is 60.1 Å². The predicted molar refractivity (Wildman–Crippen MR) is 144 cm³/mol. The summed E-state index contributed by atoms with van der Waals surface area (Å²) in [5, 5.41) is 23.1. The van der Waals surface area contributed by atoms with Crippen molar-refractivity contribution in [3.05, 3.63) is 52.1 Å². The van der Waals surface area contributed by atoms with Crippen LogP contribution in [0.5, 0.6) is 0 Å². The van der Waals surface area contributed by atoms with E-state index in [1.165, 1.54) is 15.8 Å². The van der Waals surface area contributed by atoms with Gasteiger partial charge in [-0.1, -0.05) is 26.0 Å². The lowest BCUT2D eigenvalue weighted by atomic mass is 10.1. The summed E-state index contributed by atoms with van der Waals surface area (Å²) < 4.78 is 13.3. The number of nitrogens with zero attached hydrogens (tertiary/aromatic N) is 4. The molecule has 0 unspecified atom stereocenters. The van der Waals surface area contributed by atoms with Crippen LogP contribution in [0.2, 0.25) is 0 Å². The first kappa shape index (κ1) is 28.5. The fourth-order valence-corrected chi connectivity index (χ4v) is 4.92. The maximum absolute atomic E-state index is 12.6. The van der Waals surface area contributed by atoms with Crippen LogP contribution in [0.15, 0.2) is 35.4 Å². The first-order valence-electron chi connectivity index (χ1n) is 13.5.